The van der Waals surface area contributed by atoms with Gasteiger partial charge >= 0.3 is 0 Å². The summed E-state index contributed by atoms with van der Waals surface area (Å²) in [4.78, 5) is 15.2. The molecule has 1 aromatic heterocycles. The number of aromatic nitrogens is 2. The molecule has 7 heteroatoms. The first kappa shape index (κ1) is 22.6. The Bertz CT molecular complexity index is 1200. The topological polar surface area (TPSA) is 91.2 Å². The lowest BCUT2D eigenvalue weighted by Crippen LogP contribution is -2.48. The molecule has 2 heterocycles. The van der Waals surface area contributed by atoms with Crippen molar-refractivity contribution < 1.29 is 14.3 Å². The van der Waals surface area contributed by atoms with Crippen LogP contribution in [0.1, 0.15) is 44.1 Å². The van der Waals surface area contributed by atoms with E-state index >= 15 is 0 Å². The Hall–Kier alpha value is -3.63. The predicted molar refractivity (Wildman–Crippen MR) is 125 cm³/mol. The molecule has 1 saturated heterocycles. The molecular weight excluding hydrogens is 416 g/mol. The molecule has 3 aromatic rings. The second-order valence-electron chi connectivity index (χ2n) is 8.49. The van der Waals surface area contributed by atoms with Crippen LogP contribution >= 0.6 is 0 Å². The van der Waals surface area contributed by atoms with E-state index in [0.29, 0.717) is 49.2 Å². The molecule has 0 atom stereocenters. The molecule has 1 fully saturated rings. The Balaban J connectivity index is 1.52. The SMILES string of the molecule is COCCOc1n[nH]c(-c2cc(C(=O)N3CC(c4ccc(C#N)cc4)C3)c(C)cc2C)c1C. The highest BCUT2D eigenvalue weighted by Gasteiger charge is 2.33. The van der Waals surface area contributed by atoms with Crippen molar-refractivity contribution in [2.75, 3.05) is 33.4 Å². The number of nitrogens with one attached hydrogen (secondary N) is 1. The Morgan fingerprint density at radius 2 is 1.88 bits per heavy atom. The van der Waals surface area contributed by atoms with Crippen LogP contribution in [0.25, 0.3) is 11.3 Å². The van der Waals surface area contributed by atoms with E-state index in [1.807, 2.05) is 62.1 Å². The van der Waals surface area contributed by atoms with E-state index in [9.17, 15) is 4.79 Å². The Morgan fingerprint density at radius 3 is 2.55 bits per heavy atom. The maximum absolute atomic E-state index is 13.3. The van der Waals surface area contributed by atoms with Crippen LogP contribution in [0.5, 0.6) is 5.88 Å². The first-order valence-corrected chi connectivity index (χ1v) is 11.0. The summed E-state index contributed by atoms with van der Waals surface area (Å²) in [5.74, 6) is 0.879. The number of hydrogen-bond donors (Lipinski definition) is 1. The summed E-state index contributed by atoms with van der Waals surface area (Å²) in [5.41, 5.74) is 7.23. The van der Waals surface area contributed by atoms with Crippen molar-refractivity contribution in [3.05, 3.63) is 69.8 Å². The zero-order valence-corrected chi connectivity index (χ0v) is 19.4. The third-order valence-electron chi connectivity index (χ3n) is 6.24. The number of nitriles is 1. The Labute approximate surface area is 193 Å². The smallest absolute Gasteiger partial charge is 0.254 e. The average molecular weight is 445 g/mol. The third kappa shape index (κ3) is 4.48. The maximum atomic E-state index is 13.3. The Morgan fingerprint density at radius 1 is 1.15 bits per heavy atom. The van der Waals surface area contributed by atoms with Crippen LogP contribution in [0.15, 0.2) is 36.4 Å². The van der Waals surface area contributed by atoms with Crippen molar-refractivity contribution >= 4 is 5.91 Å². The van der Waals surface area contributed by atoms with Crippen LogP contribution in [0.2, 0.25) is 0 Å². The van der Waals surface area contributed by atoms with Gasteiger partial charge in [-0.15, -0.1) is 5.10 Å². The molecule has 1 amide bonds. The molecular formula is C26H28N4O3. The number of carbonyl (C=O) groups excluding carboxylic acids is 1. The number of likely N-dealkylation sites (tertiary alicyclic amines) is 1. The van der Waals surface area contributed by atoms with Gasteiger partial charge in [-0.05, 0) is 55.7 Å². The fraction of sp³-hybridized carbons (Fsp3) is 0.346. The van der Waals surface area contributed by atoms with Gasteiger partial charge in [0.05, 0.1) is 23.9 Å². The fourth-order valence-electron chi connectivity index (χ4n) is 4.21. The van der Waals surface area contributed by atoms with Gasteiger partial charge in [-0.25, -0.2) is 0 Å². The molecule has 0 unspecified atom stereocenters. The zero-order valence-electron chi connectivity index (χ0n) is 19.4. The molecule has 170 valence electrons. The van der Waals surface area contributed by atoms with Crippen LogP contribution in [-0.2, 0) is 4.74 Å². The maximum Gasteiger partial charge on any atom is 0.254 e. The number of ether oxygens (including phenoxy) is 2. The molecule has 0 saturated carbocycles. The van der Waals surface area contributed by atoms with Gasteiger partial charge in [0.15, 0.2) is 0 Å². The van der Waals surface area contributed by atoms with Crippen LogP contribution in [0.4, 0.5) is 0 Å². The number of rotatable bonds is 7. The van der Waals surface area contributed by atoms with Crippen molar-refractivity contribution in [2.24, 2.45) is 0 Å². The summed E-state index contributed by atoms with van der Waals surface area (Å²) in [6, 6.07) is 13.8. The van der Waals surface area contributed by atoms with Crippen molar-refractivity contribution in [1.29, 1.82) is 5.26 Å². The molecule has 2 aromatic carbocycles. The molecule has 33 heavy (non-hydrogen) atoms. The van der Waals surface area contributed by atoms with Crippen LogP contribution in [0, 0.1) is 32.1 Å². The van der Waals surface area contributed by atoms with Gasteiger partial charge in [-0.2, -0.15) is 5.26 Å². The lowest BCUT2D eigenvalue weighted by atomic mass is 9.89. The molecule has 1 N–H and O–H groups in total. The van der Waals surface area contributed by atoms with Crippen molar-refractivity contribution in [1.82, 2.24) is 15.1 Å². The minimum absolute atomic E-state index is 0.0346. The summed E-state index contributed by atoms with van der Waals surface area (Å²) in [7, 11) is 1.63. The van der Waals surface area contributed by atoms with E-state index in [0.717, 1.165) is 33.5 Å². The lowest BCUT2D eigenvalue weighted by molar-refractivity contribution is 0.0601. The highest BCUT2D eigenvalue weighted by Crippen LogP contribution is 2.34. The molecule has 1 aliphatic heterocycles. The summed E-state index contributed by atoms with van der Waals surface area (Å²) in [6.07, 6.45) is 0. The van der Waals surface area contributed by atoms with E-state index < -0.39 is 0 Å². The normalized spacial score (nSPS) is 13.5. The molecule has 0 radical (unpaired) electrons. The van der Waals surface area contributed by atoms with E-state index in [1.165, 1.54) is 0 Å². The summed E-state index contributed by atoms with van der Waals surface area (Å²) in [5, 5.41) is 16.4. The molecule has 0 bridgehead atoms. The van der Waals surface area contributed by atoms with E-state index in [1.54, 1.807) is 7.11 Å². The lowest BCUT2D eigenvalue weighted by Gasteiger charge is -2.40. The molecule has 7 nitrogen and oxygen atoms in total. The first-order chi connectivity index (χ1) is 15.9. The van der Waals surface area contributed by atoms with Gasteiger partial charge in [0.25, 0.3) is 5.91 Å². The van der Waals surface area contributed by atoms with Gasteiger partial charge in [-0.3, -0.25) is 9.89 Å². The van der Waals surface area contributed by atoms with Crippen molar-refractivity contribution in [3.8, 4) is 23.2 Å². The second kappa shape index (κ2) is 9.47. The second-order valence-corrected chi connectivity index (χ2v) is 8.49. The number of methoxy groups -OCH3 is 1. The molecule has 0 spiro atoms. The van der Waals surface area contributed by atoms with Gasteiger partial charge in [-0.1, -0.05) is 18.2 Å². The van der Waals surface area contributed by atoms with E-state index in [2.05, 4.69) is 16.3 Å². The number of aromatic amines is 1. The monoisotopic (exact) mass is 444 g/mol. The third-order valence-corrected chi connectivity index (χ3v) is 6.24. The number of amides is 1. The minimum atomic E-state index is 0.0346. The predicted octanol–water partition coefficient (Wildman–Crippen LogP) is 4.14. The number of benzene rings is 2. The Kier molecular flexibility index (Phi) is 6.47. The highest BCUT2D eigenvalue weighted by atomic mass is 16.5. The number of carbonyl (C=O) groups is 1. The van der Waals surface area contributed by atoms with E-state index in [-0.39, 0.29) is 5.91 Å². The van der Waals surface area contributed by atoms with Gasteiger partial charge in [0.1, 0.15) is 6.61 Å². The number of aryl methyl sites for hydroxylation is 2. The molecule has 0 aliphatic carbocycles. The number of nitrogens with zero attached hydrogens (tertiary/aromatic N) is 3. The summed E-state index contributed by atoms with van der Waals surface area (Å²) >= 11 is 0. The van der Waals surface area contributed by atoms with Crippen molar-refractivity contribution in [3.63, 3.8) is 0 Å². The standard InChI is InChI=1S/C26H28N4O3/c1-16-11-17(2)23(12-22(16)24-18(3)25(29-28-24)33-10-9-32-4)26(31)30-14-21(15-30)20-7-5-19(13-27)6-8-20/h5-8,11-12,21H,9-10,14-15H2,1-4H3,(H,28,29). The summed E-state index contributed by atoms with van der Waals surface area (Å²) in [6.45, 7) is 8.23. The zero-order chi connectivity index (χ0) is 23.5. The minimum Gasteiger partial charge on any atom is -0.474 e. The highest BCUT2D eigenvalue weighted by molar-refractivity contribution is 5.98. The van der Waals surface area contributed by atoms with Gasteiger partial charge in [0, 0.05) is 42.8 Å². The van der Waals surface area contributed by atoms with Gasteiger partial charge in [0.2, 0.25) is 5.88 Å². The van der Waals surface area contributed by atoms with Crippen LogP contribution in [-0.4, -0.2) is 54.4 Å². The first-order valence-electron chi connectivity index (χ1n) is 11.0. The quantitative estimate of drug-likeness (QED) is 0.553. The van der Waals surface area contributed by atoms with Crippen LogP contribution < -0.4 is 4.74 Å². The van der Waals surface area contributed by atoms with E-state index in [4.69, 9.17) is 14.7 Å². The average Bonchev–Trinajstić information content (AvgIpc) is 3.13. The molecule has 4 rings (SSSR count). The number of hydrogen-bond acceptors (Lipinski definition) is 5. The van der Waals surface area contributed by atoms with Crippen LogP contribution in [0.3, 0.4) is 0 Å². The fourth-order valence-corrected chi connectivity index (χ4v) is 4.21. The largest absolute Gasteiger partial charge is 0.474 e. The summed E-state index contributed by atoms with van der Waals surface area (Å²) < 4.78 is 10.7. The molecule has 1 aliphatic rings. The van der Waals surface area contributed by atoms with Crippen molar-refractivity contribution in [2.45, 2.75) is 26.7 Å². The van der Waals surface area contributed by atoms with Gasteiger partial charge < -0.3 is 14.4 Å². The number of H-pyrrole nitrogens is 1.